The Morgan fingerprint density at radius 2 is 2.54 bits per heavy atom. The molecule has 1 heterocycles. The van der Waals surface area contributed by atoms with Gasteiger partial charge >= 0.3 is 5.69 Å². The van der Waals surface area contributed by atoms with Gasteiger partial charge in [-0.05, 0) is 0 Å². The van der Waals surface area contributed by atoms with E-state index in [0.29, 0.717) is 0 Å². The molecule has 0 saturated heterocycles. The fraction of sp³-hybridized carbons (Fsp3) is 0.333. The lowest BCUT2D eigenvalue weighted by atomic mass is 10.4. The number of aliphatic imine (C=N–C) groups is 1. The Balaban J connectivity index is 3.08. The Hall–Kier alpha value is -2.01. The first-order valence-corrected chi connectivity index (χ1v) is 3.35. The molecule has 0 atom stereocenters. The number of hydrogen-bond donors (Lipinski definition) is 0. The summed E-state index contributed by atoms with van der Waals surface area (Å²) in [5, 5.41) is 14.1. The van der Waals surface area contributed by atoms with Crippen molar-refractivity contribution in [1.29, 1.82) is 0 Å². The maximum atomic E-state index is 10.4. The lowest BCUT2D eigenvalue weighted by Gasteiger charge is -1.94. The average Bonchev–Trinajstić information content (AvgIpc) is 2.43. The van der Waals surface area contributed by atoms with Crippen LogP contribution in [0.5, 0.6) is 0 Å². The Kier molecular flexibility index (Phi) is 2.51. The van der Waals surface area contributed by atoms with Crippen LogP contribution in [-0.4, -0.2) is 20.8 Å². The molecular formula is C6H6N4O3. The number of nitro groups is 1. The lowest BCUT2D eigenvalue weighted by Crippen LogP contribution is -1.99. The van der Waals surface area contributed by atoms with Crippen LogP contribution in [0.2, 0.25) is 0 Å². The third-order valence-electron chi connectivity index (χ3n) is 1.53. The van der Waals surface area contributed by atoms with E-state index in [1.165, 1.54) is 10.8 Å². The molecule has 0 amide bonds. The van der Waals surface area contributed by atoms with Crippen LogP contribution in [0.4, 0.5) is 5.69 Å². The molecule has 68 valence electrons. The van der Waals surface area contributed by atoms with Crippen LogP contribution in [0.15, 0.2) is 11.2 Å². The van der Waals surface area contributed by atoms with Crippen molar-refractivity contribution in [2.75, 3.05) is 0 Å². The average molecular weight is 182 g/mol. The maximum absolute atomic E-state index is 10.4. The smallest absolute Gasteiger partial charge is 0.264 e. The van der Waals surface area contributed by atoms with E-state index in [-0.39, 0.29) is 17.9 Å². The zero-order valence-electron chi connectivity index (χ0n) is 6.80. The first-order valence-electron chi connectivity index (χ1n) is 3.35. The van der Waals surface area contributed by atoms with Gasteiger partial charge in [-0.25, -0.2) is 4.79 Å². The monoisotopic (exact) mass is 182 g/mol. The van der Waals surface area contributed by atoms with Gasteiger partial charge in [-0.1, -0.05) is 0 Å². The number of hydrogen-bond acceptors (Lipinski definition) is 5. The number of aryl methyl sites for hydroxylation is 1. The van der Waals surface area contributed by atoms with Crippen molar-refractivity contribution in [1.82, 2.24) is 9.78 Å². The van der Waals surface area contributed by atoms with Crippen LogP contribution in [0.3, 0.4) is 0 Å². The van der Waals surface area contributed by atoms with Gasteiger partial charge < -0.3 is 0 Å². The molecule has 7 heteroatoms. The van der Waals surface area contributed by atoms with E-state index in [2.05, 4.69) is 10.1 Å². The molecule has 0 bridgehead atoms. The van der Waals surface area contributed by atoms with Crippen LogP contribution in [0.25, 0.3) is 0 Å². The molecular weight excluding hydrogens is 176 g/mol. The van der Waals surface area contributed by atoms with Crippen LogP contribution >= 0.6 is 0 Å². The van der Waals surface area contributed by atoms with Crippen LogP contribution in [0.1, 0.15) is 5.69 Å². The normalized spacial score (nSPS) is 9.31. The minimum atomic E-state index is -0.567. The number of aromatic nitrogens is 2. The van der Waals surface area contributed by atoms with Crippen LogP contribution in [-0.2, 0) is 18.4 Å². The number of nitrogens with zero attached hydrogens (tertiary/aromatic N) is 4. The minimum absolute atomic E-state index is 0.0731. The SMILES string of the molecule is Cn1ncc([N+](=O)[O-])c1CN=C=O. The largest absolute Gasteiger partial charge is 0.312 e. The summed E-state index contributed by atoms with van der Waals surface area (Å²) < 4.78 is 1.30. The predicted octanol–water partition coefficient (Wildman–Crippen LogP) is 0.164. The van der Waals surface area contributed by atoms with Gasteiger partial charge in [-0.2, -0.15) is 10.1 Å². The zero-order valence-corrected chi connectivity index (χ0v) is 6.80. The summed E-state index contributed by atoms with van der Waals surface area (Å²) in [7, 11) is 1.54. The van der Waals surface area contributed by atoms with Gasteiger partial charge in [0.1, 0.15) is 18.4 Å². The maximum Gasteiger partial charge on any atom is 0.312 e. The van der Waals surface area contributed by atoms with E-state index in [9.17, 15) is 14.9 Å². The Labute approximate surface area is 72.8 Å². The highest BCUT2D eigenvalue weighted by atomic mass is 16.6. The quantitative estimate of drug-likeness (QED) is 0.288. The van der Waals surface area contributed by atoms with E-state index in [1.54, 1.807) is 7.05 Å². The molecule has 0 fully saturated rings. The highest BCUT2D eigenvalue weighted by Gasteiger charge is 2.17. The Bertz CT molecular complexity index is 377. The van der Waals surface area contributed by atoms with Crippen molar-refractivity contribution < 1.29 is 9.72 Å². The van der Waals surface area contributed by atoms with Gasteiger partial charge in [0.15, 0.2) is 0 Å². The summed E-state index contributed by atoms with van der Waals surface area (Å²) in [6.45, 7) is -0.0731. The lowest BCUT2D eigenvalue weighted by molar-refractivity contribution is -0.385. The van der Waals surface area contributed by atoms with E-state index in [0.717, 1.165) is 6.20 Å². The molecule has 0 aliphatic heterocycles. The van der Waals surface area contributed by atoms with Crippen LogP contribution in [0, 0.1) is 10.1 Å². The third-order valence-corrected chi connectivity index (χ3v) is 1.53. The molecule has 0 aromatic carbocycles. The van der Waals surface area contributed by atoms with Gasteiger partial charge in [-0.3, -0.25) is 14.8 Å². The molecule has 1 aromatic rings. The summed E-state index contributed by atoms with van der Waals surface area (Å²) in [5.41, 5.74) is 0.148. The van der Waals surface area contributed by atoms with E-state index < -0.39 is 4.92 Å². The molecule has 0 aliphatic rings. The van der Waals surface area contributed by atoms with Crippen molar-refractivity contribution in [2.45, 2.75) is 6.54 Å². The second-order valence-electron chi connectivity index (χ2n) is 2.26. The molecule has 7 nitrogen and oxygen atoms in total. The van der Waals surface area contributed by atoms with Crippen molar-refractivity contribution in [2.24, 2.45) is 12.0 Å². The van der Waals surface area contributed by atoms with Gasteiger partial charge in [0, 0.05) is 7.05 Å². The molecule has 0 spiro atoms. The van der Waals surface area contributed by atoms with E-state index in [1.807, 2.05) is 0 Å². The molecule has 1 aromatic heterocycles. The standard InChI is InChI=1S/C6H6N4O3/c1-9-5(2-7-4-11)6(3-8-9)10(12)13/h3H,2H2,1H3. The third kappa shape index (κ3) is 1.77. The molecule has 0 unspecified atom stereocenters. The molecule has 0 radical (unpaired) electrons. The molecule has 0 N–H and O–H groups in total. The minimum Gasteiger partial charge on any atom is -0.264 e. The molecule has 0 saturated carbocycles. The van der Waals surface area contributed by atoms with Crippen molar-refractivity contribution in [3.63, 3.8) is 0 Å². The highest BCUT2D eigenvalue weighted by Crippen LogP contribution is 2.16. The Morgan fingerprint density at radius 3 is 3.08 bits per heavy atom. The van der Waals surface area contributed by atoms with Gasteiger partial charge in [-0.15, -0.1) is 0 Å². The number of rotatable bonds is 3. The number of carbonyl (C=O) groups excluding carboxylic acids is 1. The van der Waals surface area contributed by atoms with Gasteiger partial charge in [0.05, 0.1) is 4.92 Å². The topological polar surface area (TPSA) is 90.4 Å². The number of isocyanates is 1. The summed E-state index contributed by atoms with van der Waals surface area (Å²) in [6.07, 6.45) is 2.43. The van der Waals surface area contributed by atoms with E-state index >= 15 is 0 Å². The molecule has 1 rings (SSSR count). The second-order valence-corrected chi connectivity index (χ2v) is 2.26. The highest BCUT2D eigenvalue weighted by molar-refractivity contribution is 5.37. The first-order chi connectivity index (χ1) is 6.16. The van der Waals surface area contributed by atoms with Crippen molar-refractivity contribution in [3.05, 3.63) is 22.0 Å². The molecule has 0 aliphatic carbocycles. The second kappa shape index (κ2) is 3.59. The zero-order chi connectivity index (χ0) is 9.84. The molecule has 13 heavy (non-hydrogen) atoms. The fourth-order valence-electron chi connectivity index (χ4n) is 0.894. The van der Waals surface area contributed by atoms with Crippen molar-refractivity contribution >= 4 is 11.8 Å². The van der Waals surface area contributed by atoms with Gasteiger partial charge in [0.2, 0.25) is 6.08 Å². The Morgan fingerprint density at radius 1 is 1.85 bits per heavy atom. The first kappa shape index (κ1) is 9.08. The summed E-state index contributed by atoms with van der Waals surface area (Å²) >= 11 is 0. The van der Waals surface area contributed by atoms with E-state index in [4.69, 9.17) is 0 Å². The predicted molar refractivity (Wildman–Crippen MR) is 41.7 cm³/mol. The van der Waals surface area contributed by atoms with Crippen LogP contribution < -0.4 is 0 Å². The fourth-order valence-corrected chi connectivity index (χ4v) is 0.894. The van der Waals surface area contributed by atoms with Gasteiger partial charge in [0.25, 0.3) is 0 Å². The summed E-state index contributed by atoms with van der Waals surface area (Å²) in [6, 6.07) is 0. The summed E-state index contributed by atoms with van der Waals surface area (Å²) in [5.74, 6) is 0. The van der Waals surface area contributed by atoms with Crippen molar-refractivity contribution in [3.8, 4) is 0 Å². The summed E-state index contributed by atoms with van der Waals surface area (Å²) in [4.78, 5) is 22.9.